The summed E-state index contributed by atoms with van der Waals surface area (Å²) < 4.78 is 41.9. The van der Waals surface area contributed by atoms with E-state index < -0.39 is 18.2 Å². The summed E-state index contributed by atoms with van der Waals surface area (Å²) in [5.74, 6) is -1.16. The molecule has 0 bridgehead atoms. The van der Waals surface area contributed by atoms with Crippen LogP contribution in [0.4, 0.5) is 13.2 Å². The minimum absolute atomic E-state index is 0.353. The first-order valence-corrected chi connectivity index (χ1v) is 6.66. The Bertz CT molecular complexity index is 456. The second kappa shape index (κ2) is 6.45. The number of nitrogens with zero attached hydrogens (tertiary/aromatic N) is 1. The third kappa shape index (κ3) is 3.86. The van der Waals surface area contributed by atoms with E-state index in [1.807, 2.05) is 0 Å². The Hall–Kier alpha value is -1.27. The van der Waals surface area contributed by atoms with Crippen LogP contribution in [0.1, 0.15) is 19.4 Å². The van der Waals surface area contributed by atoms with Crippen LogP contribution in [0.25, 0.3) is 0 Å². The van der Waals surface area contributed by atoms with E-state index in [1.54, 1.807) is 6.07 Å². The van der Waals surface area contributed by atoms with Crippen molar-refractivity contribution < 1.29 is 17.9 Å². The van der Waals surface area contributed by atoms with E-state index in [4.69, 9.17) is 0 Å². The van der Waals surface area contributed by atoms with E-state index in [0.717, 1.165) is 18.7 Å². The van der Waals surface area contributed by atoms with Gasteiger partial charge in [-0.1, -0.05) is 6.07 Å². The molecule has 0 saturated carbocycles. The van der Waals surface area contributed by atoms with Crippen molar-refractivity contribution in [1.29, 1.82) is 0 Å². The molecule has 1 aliphatic heterocycles. The lowest BCUT2D eigenvalue weighted by Crippen LogP contribution is -2.53. The Morgan fingerprint density at radius 2 is 2.15 bits per heavy atom. The van der Waals surface area contributed by atoms with Crippen LogP contribution in [-0.2, 0) is 6.54 Å². The summed E-state index contributed by atoms with van der Waals surface area (Å²) in [6.07, 6.45) is 0. The molecule has 0 aromatic heterocycles. The highest BCUT2D eigenvalue weighted by Crippen LogP contribution is 2.22. The molecule has 0 aliphatic carbocycles. The zero-order chi connectivity index (χ0) is 14.7. The van der Waals surface area contributed by atoms with Gasteiger partial charge in [0.2, 0.25) is 0 Å². The number of halogens is 3. The van der Waals surface area contributed by atoms with Gasteiger partial charge in [-0.2, -0.15) is 8.78 Å². The van der Waals surface area contributed by atoms with Gasteiger partial charge in [-0.15, -0.1) is 0 Å². The van der Waals surface area contributed by atoms with Crippen molar-refractivity contribution in [3.05, 3.63) is 29.6 Å². The molecule has 2 rings (SSSR count). The maximum absolute atomic E-state index is 13.6. The van der Waals surface area contributed by atoms with Crippen molar-refractivity contribution in [2.24, 2.45) is 0 Å². The first kappa shape index (κ1) is 15.1. The molecule has 0 spiro atoms. The molecule has 1 aliphatic rings. The van der Waals surface area contributed by atoms with Crippen LogP contribution in [0.2, 0.25) is 0 Å². The Labute approximate surface area is 116 Å². The highest BCUT2D eigenvalue weighted by atomic mass is 19.3. The van der Waals surface area contributed by atoms with Gasteiger partial charge >= 0.3 is 6.61 Å². The molecule has 0 radical (unpaired) electrons. The summed E-state index contributed by atoms with van der Waals surface area (Å²) in [4.78, 5) is 2.24. The van der Waals surface area contributed by atoms with Gasteiger partial charge in [0.05, 0.1) is 0 Å². The van der Waals surface area contributed by atoms with E-state index in [2.05, 4.69) is 28.8 Å². The molecule has 1 aromatic rings. The van der Waals surface area contributed by atoms with Crippen LogP contribution in [0.3, 0.4) is 0 Å². The number of hydrogen-bond donors (Lipinski definition) is 1. The third-order valence-corrected chi connectivity index (χ3v) is 3.49. The smallest absolute Gasteiger partial charge is 0.387 e. The molecule has 3 nitrogen and oxygen atoms in total. The van der Waals surface area contributed by atoms with Crippen LogP contribution in [-0.4, -0.2) is 36.7 Å². The van der Waals surface area contributed by atoms with Crippen LogP contribution >= 0.6 is 0 Å². The van der Waals surface area contributed by atoms with Crippen molar-refractivity contribution >= 4 is 0 Å². The zero-order valence-corrected chi connectivity index (χ0v) is 11.6. The summed E-state index contributed by atoms with van der Waals surface area (Å²) in [5, 5.41) is 3.37. The number of hydrogen-bond acceptors (Lipinski definition) is 3. The van der Waals surface area contributed by atoms with E-state index in [9.17, 15) is 13.2 Å². The van der Waals surface area contributed by atoms with Gasteiger partial charge in [0.1, 0.15) is 0 Å². The summed E-state index contributed by atoms with van der Waals surface area (Å²) in [5.41, 5.74) is 0.755. The topological polar surface area (TPSA) is 24.5 Å². The normalized spacial score (nSPS) is 24.1. The first-order valence-electron chi connectivity index (χ1n) is 6.66. The SMILES string of the molecule is CC1CN(Cc2ccc(OC(F)F)c(F)c2)C(C)CN1. The molecule has 2 atom stereocenters. The maximum Gasteiger partial charge on any atom is 0.387 e. The van der Waals surface area contributed by atoms with E-state index >= 15 is 0 Å². The lowest BCUT2D eigenvalue weighted by atomic mass is 10.1. The van der Waals surface area contributed by atoms with E-state index in [-0.39, 0.29) is 0 Å². The fourth-order valence-electron chi connectivity index (χ4n) is 2.39. The largest absolute Gasteiger partial charge is 0.432 e. The molecule has 1 heterocycles. The van der Waals surface area contributed by atoms with Gasteiger partial charge in [-0.25, -0.2) is 4.39 Å². The summed E-state index contributed by atoms with van der Waals surface area (Å²) in [7, 11) is 0. The van der Waals surface area contributed by atoms with Crippen molar-refractivity contribution in [3.8, 4) is 5.75 Å². The van der Waals surface area contributed by atoms with Gasteiger partial charge < -0.3 is 10.1 Å². The molecule has 20 heavy (non-hydrogen) atoms. The molecular weight excluding hydrogens is 269 g/mol. The maximum atomic E-state index is 13.6. The lowest BCUT2D eigenvalue weighted by molar-refractivity contribution is -0.0522. The fraction of sp³-hybridized carbons (Fsp3) is 0.571. The first-order chi connectivity index (χ1) is 9.45. The molecule has 112 valence electrons. The van der Waals surface area contributed by atoms with Gasteiger partial charge in [-0.3, -0.25) is 4.90 Å². The second-order valence-electron chi connectivity index (χ2n) is 5.23. The quantitative estimate of drug-likeness (QED) is 0.921. The molecule has 1 fully saturated rings. The zero-order valence-electron chi connectivity index (χ0n) is 11.6. The van der Waals surface area contributed by atoms with Crippen LogP contribution in [0.5, 0.6) is 5.75 Å². The summed E-state index contributed by atoms with van der Waals surface area (Å²) in [6.45, 7) is 3.54. The average Bonchev–Trinajstić information content (AvgIpc) is 2.37. The highest BCUT2D eigenvalue weighted by Gasteiger charge is 2.22. The van der Waals surface area contributed by atoms with Gasteiger partial charge in [0.15, 0.2) is 11.6 Å². The minimum Gasteiger partial charge on any atom is -0.432 e. The van der Waals surface area contributed by atoms with Crippen molar-refractivity contribution in [2.45, 2.75) is 39.1 Å². The lowest BCUT2D eigenvalue weighted by Gasteiger charge is -2.37. The van der Waals surface area contributed by atoms with E-state index in [0.29, 0.717) is 18.6 Å². The number of benzene rings is 1. The number of ether oxygens (including phenoxy) is 1. The number of alkyl halides is 2. The van der Waals surface area contributed by atoms with Crippen LogP contribution in [0.15, 0.2) is 18.2 Å². The standard InChI is InChI=1S/C14H19F3N2O/c1-9-7-19(10(2)6-18-9)8-11-3-4-13(12(15)5-11)20-14(16)17/h3-5,9-10,14,18H,6-8H2,1-2H3. The van der Waals surface area contributed by atoms with Crippen molar-refractivity contribution in [2.75, 3.05) is 13.1 Å². The van der Waals surface area contributed by atoms with Gasteiger partial charge in [0.25, 0.3) is 0 Å². The molecule has 2 unspecified atom stereocenters. The molecule has 1 N–H and O–H groups in total. The number of piperazine rings is 1. The molecule has 6 heteroatoms. The Balaban J connectivity index is 2.04. The summed E-state index contributed by atoms with van der Waals surface area (Å²) in [6, 6.07) is 4.88. The van der Waals surface area contributed by atoms with Crippen molar-refractivity contribution in [3.63, 3.8) is 0 Å². The van der Waals surface area contributed by atoms with Gasteiger partial charge in [0, 0.05) is 31.7 Å². The highest BCUT2D eigenvalue weighted by molar-refractivity contribution is 5.29. The fourth-order valence-corrected chi connectivity index (χ4v) is 2.39. The monoisotopic (exact) mass is 288 g/mol. The second-order valence-corrected chi connectivity index (χ2v) is 5.23. The van der Waals surface area contributed by atoms with Gasteiger partial charge in [-0.05, 0) is 31.5 Å². The van der Waals surface area contributed by atoms with Crippen LogP contribution in [0, 0.1) is 5.82 Å². The molecule has 1 aromatic carbocycles. The van der Waals surface area contributed by atoms with Crippen LogP contribution < -0.4 is 10.1 Å². The number of rotatable bonds is 4. The Morgan fingerprint density at radius 3 is 2.80 bits per heavy atom. The Kier molecular flexibility index (Phi) is 4.88. The van der Waals surface area contributed by atoms with E-state index in [1.165, 1.54) is 12.1 Å². The molecule has 1 saturated heterocycles. The predicted octanol–water partition coefficient (Wildman–Crippen LogP) is 2.61. The number of nitrogens with one attached hydrogen (secondary N) is 1. The average molecular weight is 288 g/mol. The molecule has 0 amide bonds. The van der Waals surface area contributed by atoms with Crippen molar-refractivity contribution in [1.82, 2.24) is 10.2 Å². The Morgan fingerprint density at radius 1 is 1.40 bits per heavy atom. The predicted molar refractivity (Wildman–Crippen MR) is 70.4 cm³/mol. The molecular formula is C14H19F3N2O. The summed E-state index contributed by atoms with van der Waals surface area (Å²) >= 11 is 0. The third-order valence-electron chi connectivity index (χ3n) is 3.49. The minimum atomic E-state index is -3.01.